The maximum atomic E-state index is 13.0. The normalized spacial score (nSPS) is 8.77. The number of hydrogen-bond acceptors (Lipinski definition) is 1. The first-order chi connectivity index (χ1) is 6.11. The molecule has 66 valence electrons. The lowest BCUT2D eigenvalue weighted by molar-refractivity contribution is -0.112. The van der Waals surface area contributed by atoms with E-state index in [2.05, 4.69) is 5.92 Å². The standard InChI is InChI=1S/C9H5ClFNO/c10-7-2-1-3-8(11)6(7)4-5-9(12)13/h1-3H,(H2,12,13). The Kier molecular flexibility index (Phi) is 2.88. The molecular weight excluding hydrogens is 193 g/mol. The Morgan fingerprint density at radius 1 is 1.54 bits per heavy atom. The molecule has 0 radical (unpaired) electrons. The van der Waals surface area contributed by atoms with Crippen LogP contribution in [0.5, 0.6) is 0 Å². The highest BCUT2D eigenvalue weighted by atomic mass is 35.5. The first-order valence-corrected chi connectivity index (χ1v) is 3.74. The molecule has 4 heteroatoms. The van der Waals surface area contributed by atoms with Gasteiger partial charge in [-0.2, -0.15) is 0 Å². The van der Waals surface area contributed by atoms with Gasteiger partial charge in [0.25, 0.3) is 5.91 Å². The van der Waals surface area contributed by atoms with Gasteiger partial charge < -0.3 is 5.73 Å². The molecule has 0 aromatic heterocycles. The molecule has 0 aliphatic rings. The molecule has 13 heavy (non-hydrogen) atoms. The number of benzene rings is 1. The minimum atomic E-state index is -0.820. The predicted molar refractivity (Wildman–Crippen MR) is 47.5 cm³/mol. The molecule has 2 N–H and O–H groups in total. The smallest absolute Gasteiger partial charge is 0.293 e. The maximum Gasteiger partial charge on any atom is 0.293 e. The van der Waals surface area contributed by atoms with Crippen molar-refractivity contribution in [1.29, 1.82) is 0 Å². The Labute approximate surface area is 79.5 Å². The molecule has 0 aliphatic heterocycles. The molecule has 0 atom stereocenters. The Hall–Kier alpha value is -1.53. The van der Waals surface area contributed by atoms with Gasteiger partial charge in [0.2, 0.25) is 0 Å². The van der Waals surface area contributed by atoms with Crippen molar-refractivity contribution in [2.24, 2.45) is 5.73 Å². The first kappa shape index (κ1) is 9.56. The van der Waals surface area contributed by atoms with Crippen LogP contribution in [0.3, 0.4) is 0 Å². The summed E-state index contributed by atoms with van der Waals surface area (Å²) in [7, 11) is 0. The van der Waals surface area contributed by atoms with Gasteiger partial charge in [-0.1, -0.05) is 23.6 Å². The molecule has 0 fully saturated rings. The van der Waals surface area contributed by atoms with Gasteiger partial charge in [0.1, 0.15) is 5.82 Å². The molecule has 0 heterocycles. The molecule has 0 unspecified atom stereocenters. The molecule has 0 aliphatic carbocycles. The number of hydrogen-bond donors (Lipinski definition) is 1. The zero-order valence-electron chi connectivity index (χ0n) is 6.47. The van der Waals surface area contributed by atoms with E-state index in [0.717, 1.165) is 0 Å². The van der Waals surface area contributed by atoms with Crippen LogP contribution in [0, 0.1) is 17.7 Å². The third kappa shape index (κ3) is 2.46. The zero-order chi connectivity index (χ0) is 9.84. The Morgan fingerprint density at radius 3 is 2.77 bits per heavy atom. The van der Waals surface area contributed by atoms with E-state index in [1.165, 1.54) is 18.2 Å². The maximum absolute atomic E-state index is 13.0. The second-order valence-corrected chi connectivity index (χ2v) is 2.62. The fourth-order valence-electron chi connectivity index (χ4n) is 0.741. The Morgan fingerprint density at radius 2 is 2.23 bits per heavy atom. The lowest BCUT2D eigenvalue weighted by Gasteiger charge is -1.95. The number of halogens is 2. The summed E-state index contributed by atoms with van der Waals surface area (Å²) in [6, 6.07) is 4.14. The molecule has 1 aromatic carbocycles. The van der Waals surface area contributed by atoms with Crippen molar-refractivity contribution in [3.05, 3.63) is 34.6 Å². The van der Waals surface area contributed by atoms with Crippen molar-refractivity contribution in [3.63, 3.8) is 0 Å². The SMILES string of the molecule is NC(=O)C#Cc1c(F)cccc1Cl. The van der Waals surface area contributed by atoms with E-state index >= 15 is 0 Å². The Balaban J connectivity index is 3.16. The fourth-order valence-corrected chi connectivity index (χ4v) is 0.952. The average Bonchev–Trinajstić information content (AvgIpc) is 2.03. The third-order valence-corrected chi connectivity index (χ3v) is 1.59. The fraction of sp³-hybridized carbons (Fsp3) is 0. The van der Waals surface area contributed by atoms with Crippen LogP contribution in [0.15, 0.2) is 18.2 Å². The molecule has 0 bridgehead atoms. The van der Waals surface area contributed by atoms with Crippen LogP contribution in [-0.4, -0.2) is 5.91 Å². The van der Waals surface area contributed by atoms with Crippen LogP contribution in [0.4, 0.5) is 4.39 Å². The molecular formula is C9H5ClFNO. The van der Waals surface area contributed by atoms with Crippen LogP contribution in [0.2, 0.25) is 5.02 Å². The van der Waals surface area contributed by atoms with Crippen molar-refractivity contribution < 1.29 is 9.18 Å². The van der Waals surface area contributed by atoms with E-state index in [1.54, 1.807) is 0 Å². The first-order valence-electron chi connectivity index (χ1n) is 3.36. The Bertz CT molecular complexity index is 386. The molecule has 0 saturated carbocycles. The molecule has 1 aromatic rings. The number of carbonyl (C=O) groups is 1. The number of nitrogens with two attached hydrogens (primary N) is 1. The van der Waals surface area contributed by atoms with Gasteiger partial charge in [0, 0.05) is 5.92 Å². The van der Waals surface area contributed by atoms with Crippen molar-refractivity contribution >= 4 is 17.5 Å². The van der Waals surface area contributed by atoms with Gasteiger partial charge in [-0.15, -0.1) is 0 Å². The lowest BCUT2D eigenvalue weighted by Crippen LogP contribution is -2.06. The quantitative estimate of drug-likeness (QED) is 0.627. The summed E-state index contributed by atoms with van der Waals surface area (Å²) in [5.41, 5.74) is 4.75. The molecule has 1 amide bonds. The molecule has 1 rings (SSSR count). The average molecular weight is 198 g/mol. The van der Waals surface area contributed by atoms with E-state index < -0.39 is 11.7 Å². The summed E-state index contributed by atoms with van der Waals surface area (Å²) < 4.78 is 13.0. The topological polar surface area (TPSA) is 43.1 Å². The molecule has 2 nitrogen and oxygen atoms in total. The van der Waals surface area contributed by atoms with Crippen LogP contribution < -0.4 is 5.73 Å². The minimum Gasteiger partial charge on any atom is -0.359 e. The van der Waals surface area contributed by atoms with Gasteiger partial charge in [-0.25, -0.2) is 4.39 Å². The zero-order valence-corrected chi connectivity index (χ0v) is 7.23. The van der Waals surface area contributed by atoms with Gasteiger partial charge in [-0.3, -0.25) is 4.79 Å². The number of carbonyl (C=O) groups excluding carboxylic acids is 1. The summed E-state index contributed by atoms with van der Waals surface area (Å²) in [6.07, 6.45) is 0. The second kappa shape index (κ2) is 3.92. The van der Waals surface area contributed by atoms with E-state index in [4.69, 9.17) is 17.3 Å². The molecule has 0 saturated heterocycles. The van der Waals surface area contributed by atoms with Gasteiger partial charge >= 0.3 is 0 Å². The summed E-state index contributed by atoms with van der Waals surface area (Å²) in [5, 5.41) is 0.161. The van der Waals surface area contributed by atoms with Gasteiger partial charge in [0.15, 0.2) is 0 Å². The predicted octanol–water partition coefficient (Wildman–Crippen LogP) is 1.32. The van der Waals surface area contributed by atoms with E-state index in [1.807, 2.05) is 5.92 Å². The highest BCUT2D eigenvalue weighted by Gasteiger charge is 2.02. The highest BCUT2D eigenvalue weighted by Crippen LogP contribution is 2.17. The number of primary amides is 1. The highest BCUT2D eigenvalue weighted by molar-refractivity contribution is 6.31. The van der Waals surface area contributed by atoms with Gasteiger partial charge in [-0.05, 0) is 12.1 Å². The summed E-state index contributed by atoms with van der Waals surface area (Å²) in [4.78, 5) is 10.3. The van der Waals surface area contributed by atoms with Crippen molar-refractivity contribution in [3.8, 4) is 11.8 Å². The summed E-state index contributed by atoms with van der Waals surface area (Å²) >= 11 is 5.62. The van der Waals surface area contributed by atoms with Crippen LogP contribution >= 0.6 is 11.6 Å². The third-order valence-electron chi connectivity index (χ3n) is 1.27. The monoisotopic (exact) mass is 197 g/mol. The second-order valence-electron chi connectivity index (χ2n) is 2.21. The van der Waals surface area contributed by atoms with Crippen molar-refractivity contribution in [2.45, 2.75) is 0 Å². The van der Waals surface area contributed by atoms with E-state index in [9.17, 15) is 9.18 Å². The lowest BCUT2D eigenvalue weighted by atomic mass is 10.2. The van der Waals surface area contributed by atoms with Crippen LogP contribution in [0.1, 0.15) is 5.56 Å². The van der Waals surface area contributed by atoms with E-state index in [-0.39, 0.29) is 10.6 Å². The van der Waals surface area contributed by atoms with Crippen LogP contribution in [-0.2, 0) is 4.79 Å². The summed E-state index contributed by atoms with van der Waals surface area (Å²) in [6.45, 7) is 0. The number of amides is 1. The molecule has 0 spiro atoms. The van der Waals surface area contributed by atoms with E-state index in [0.29, 0.717) is 0 Å². The largest absolute Gasteiger partial charge is 0.359 e. The summed E-state index contributed by atoms with van der Waals surface area (Å²) in [5.74, 6) is 2.87. The van der Waals surface area contributed by atoms with Crippen molar-refractivity contribution in [2.75, 3.05) is 0 Å². The van der Waals surface area contributed by atoms with Gasteiger partial charge in [0.05, 0.1) is 10.6 Å². The number of rotatable bonds is 0. The van der Waals surface area contributed by atoms with Crippen LogP contribution in [0.25, 0.3) is 0 Å². The van der Waals surface area contributed by atoms with Crippen molar-refractivity contribution in [1.82, 2.24) is 0 Å². The minimum absolute atomic E-state index is 0.0111.